The van der Waals surface area contributed by atoms with Crippen molar-refractivity contribution in [2.75, 3.05) is 0 Å². The quantitative estimate of drug-likeness (QED) is 0.778. The van der Waals surface area contributed by atoms with E-state index in [-0.39, 0.29) is 23.9 Å². The molecule has 4 unspecified atom stereocenters. The van der Waals surface area contributed by atoms with Gasteiger partial charge in [0.05, 0.1) is 0 Å². The molecule has 1 saturated carbocycles. The van der Waals surface area contributed by atoms with Crippen LogP contribution in [-0.4, -0.2) is 18.0 Å². The summed E-state index contributed by atoms with van der Waals surface area (Å²) in [7, 11) is 0. The molecule has 1 amide bonds. The summed E-state index contributed by atoms with van der Waals surface area (Å²) in [5, 5.41) is 3.18. The van der Waals surface area contributed by atoms with E-state index in [0.717, 1.165) is 31.6 Å². The van der Waals surface area contributed by atoms with Crippen molar-refractivity contribution in [2.45, 2.75) is 78.3 Å². The molecule has 1 aliphatic rings. The molecule has 0 bridgehead atoms. The van der Waals surface area contributed by atoms with Gasteiger partial charge in [-0.05, 0) is 44.4 Å². The number of hydrogen-bond donors (Lipinski definition) is 2. The van der Waals surface area contributed by atoms with E-state index < -0.39 is 0 Å². The van der Waals surface area contributed by atoms with E-state index in [1.807, 2.05) is 0 Å². The van der Waals surface area contributed by atoms with Gasteiger partial charge in [0.25, 0.3) is 0 Å². The van der Waals surface area contributed by atoms with E-state index in [2.05, 4.69) is 33.0 Å². The van der Waals surface area contributed by atoms with Crippen molar-refractivity contribution in [2.24, 2.45) is 23.5 Å². The first kappa shape index (κ1) is 16.5. The van der Waals surface area contributed by atoms with Crippen LogP contribution in [0.1, 0.15) is 66.2 Å². The second kappa shape index (κ2) is 7.88. The predicted molar refractivity (Wildman–Crippen MR) is 80.8 cm³/mol. The van der Waals surface area contributed by atoms with Crippen LogP contribution in [0.3, 0.4) is 0 Å². The van der Waals surface area contributed by atoms with Gasteiger partial charge >= 0.3 is 0 Å². The van der Waals surface area contributed by atoms with Crippen molar-refractivity contribution >= 4 is 5.91 Å². The third-order valence-electron chi connectivity index (χ3n) is 4.38. The van der Waals surface area contributed by atoms with Gasteiger partial charge in [-0.25, -0.2) is 0 Å². The zero-order chi connectivity index (χ0) is 14.4. The minimum atomic E-state index is 0.122. The third kappa shape index (κ3) is 5.94. The van der Waals surface area contributed by atoms with Crippen molar-refractivity contribution in [3.63, 3.8) is 0 Å². The molecule has 0 aromatic carbocycles. The molecule has 3 N–H and O–H groups in total. The highest BCUT2D eigenvalue weighted by atomic mass is 16.1. The Morgan fingerprint density at radius 1 is 1.26 bits per heavy atom. The highest BCUT2D eigenvalue weighted by Gasteiger charge is 2.31. The molecular formula is C16H32N2O. The summed E-state index contributed by atoms with van der Waals surface area (Å²) in [4.78, 5) is 12.3. The third-order valence-corrected chi connectivity index (χ3v) is 4.38. The Kier molecular flexibility index (Phi) is 6.84. The Hall–Kier alpha value is -0.570. The maximum absolute atomic E-state index is 12.3. The Morgan fingerprint density at radius 3 is 2.58 bits per heavy atom. The lowest BCUT2D eigenvalue weighted by molar-refractivity contribution is -0.128. The van der Waals surface area contributed by atoms with Crippen LogP contribution in [0.25, 0.3) is 0 Å². The average molecular weight is 268 g/mol. The van der Waals surface area contributed by atoms with Gasteiger partial charge in [-0.2, -0.15) is 0 Å². The van der Waals surface area contributed by atoms with Gasteiger partial charge in [0.15, 0.2) is 0 Å². The van der Waals surface area contributed by atoms with Crippen LogP contribution in [0.2, 0.25) is 0 Å². The van der Waals surface area contributed by atoms with E-state index in [9.17, 15) is 4.79 Å². The van der Waals surface area contributed by atoms with Gasteiger partial charge in [0.2, 0.25) is 5.91 Å². The highest BCUT2D eigenvalue weighted by molar-refractivity contribution is 5.79. The molecule has 0 aliphatic heterocycles. The van der Waals surface area contributed by atoms with E-state index >= 15 is 0 Å². The molecule has 1 fully saturated rings. The zero-order valence-corrected chi connectivity index (χ0v) is 13.1. The molecule has 1 aliphatic carbocycles. The summed E-state index contributed by atoms with van der Waals surface area (Å²) in [5.41, 5.74) is 5.99. The second-order valence-corrected chi connectivity index (χ2v) is 6.89. The van der Waals surface area contributed by atoms with Crippen LogP contribution < -0.4 is 11.1 Å². The first-order chi connectivity index (χ1) is 8.90. The number of amides is 1. The summed E-state index contributed by atoms with van der Waals surface area (Å²) < 4.78 is 0. The van der Waals surface area contributed by atoms with Crippen molar-refractivity contribution in [3.8, 4) is 0 Å². The summed E-state index contributed by atoms with van der Waals surface area (Å²) in [6.07, 6.45) is 6.52. The van der Waals surface area contributed by atoms with Gasteiger partial charge in [0.1, 0.15) is 0 Å². The first-order valence-electron chi connectivity index (χ1n) is 7.96. The Bertz CT molecular complexity index is 278. The normalized spacial score (nSPS) is 29.3. The van der Waals surface area contributed by atoms with E-state index in [4.69, 9.17) is 5.73 Å². The zero-order valence-electron chi connectivity index (χ0n) is 13.1. The maximum atomic E-state index is 12.3. The van der Waals surface area contributed by atoms with E-state index in [1.54, 1.807) is 0 Å². The van der Waals surface area contributed by atoms with Crippen LogP contribution >= 0.6 is 0 Å². The Morgan fingerprint density at radius 2 is 1.95 bits per heavy atom. The largest absolute Gasteiger partial charge is 0.353 e. The smallest absolute Gasteiger partial charge is 0.223 e. The topological polar surface area (TPSA) is 55.1 Å². The van der Waals surface area contributed by atoms with Gasteiger partial charge in [-0.1, -0.05) is 33.6 Å². The number of carbonyl (C=O) groups is 1. The van der Waals surface area contributed by atoms with Crippen molar-refractivity contribution in [1.82, 2.24) is 5.32 Å². The summed E-state index contributed by atoms with van der Waals surface area (Å²) in [6, 6.07) is 0.500. The van der Waals surface area contributed by atoms with Crippen LogP contribution in [0, 0.1) is 17.8 Å². The molecule has 0 heterocycles. The predicted octanol–water partition coefficient (Wildman–Crippen LogP) is 3.08. The van der Waals surface area contributed by atoms with Crippen molar-refractivity contribution in [1.29, 1.82) is 0 Å². The molecule has 112 valence electrons. The molecule has 0 saturated heterocycles. The van der Waals surface area contributed by atoms with Crippen LogP contribution in [0.5, 0.6) is 0 Å². The van der Waals surface area contributed by atoms with E-state index in [1.165, 1.54) is 12.8 Å². The van der Waals surface area contributed by atoms with Gasteiger partial charge in [-0.15, -0.1) is 0 Å². The number of nitrogens with one attached hydrogen (secondary N) is 1. The Balaban J connectivity index is 2.32. The maximum Gasteiger partial charge on any atom is 0.223 e. The van der Waals surface area contributed by atoms with Crippen LogP contribution in [0.4, 0.5) is 0 Å². The van der Waals surface area contributed by atoms with Crippen LogP contribution in [-0.2, 0) is 4.79 Å². The summed E-state index contributed by atoms with van der Waals surface area (Å²) in [6.45, 7) is 8.79. The Labute approximate surface area is 118 Å². The fourth-order valence-electron chi connectivity index (χ4n) is 2.97. The van der Waals surface area contributed by atoms with Crippen LogP contribution in [0.15, 0.2) is 0 Å². The van der Waals surface area contributed by atoms with Gasteiger partial charge < -0.3 is 11.1 Å². The number of hydrogen-bond acceptors (Lipinski definition) is 2. The number of nitrogens with two attached hydrogens (primary N) is 1. The summed E-state index contributed by atoms with van der Waals surface area (Å²) in [5.74, 6) is 1.57. The van der Waals surface area contributed by atoms with Crippen molar-refractivity contribution < 1.29 is 4.79 Å². The second-order valence-electron chi connectivity index (χ2n) is 6.89. The molecule has 0 aromatic rings. The molecule has 1 rings (SSSR count). The molecule has 3 heteroatoms. The molecule has 0 aromatic heterocycles. The minimum absolute atomic E-state index is 0.122. The molecular weight excluding hydrogens is 236 g/mol. The fraction of sp³-hybridized carbons (Fsp3) is 0.938. The average Bonchev–Trinajstić information content (AvgIpc) is 2.31. The lowest BCUT2D eigenvalue weighted by atomic mass is 9.77. The highest BCUT2D eigenvalue weighted by Crippen LogP contribution is 2.29. The standard InChI is InChI=1S/C16H32N2O/c1-11(2)6-5-7-13(4)18-16(19)15-10-14(17)9-8-12(15)3/h11-15H,5-10,17H2,1-4H3,(H,18,19). The molecule has 0 radical (unpaired) electrons. The number of carbonyl (C=O) groups excluding carboxylic acids is 1. The minimum Gasteiger partial charge on any atom is -0.353 e. The molecule has 4 atom stereocenters. The SMILES string of the molecule is CC(C)CCCC(C)NC(=O)C1CC(N)CCC1C. The molecule has 19 heavy (non-hydrogen) atoms. The first-order valence-corrected chi connectivity index (χ1v) is 7.96. The van der Waals surface area contributed by atoms with E-state index in [0.29, 0.717) is 5.92 Å². The van der Waals surface area contributed by atoms with Gasteiger partial charge in [0, 0.05) is 18.0 Å². The lowest BCUT2D eigenvalue weighted by Gasteiger charge is -2.32. The number of rotatable bonds is 6. The molecule has 3 nitrogen and oxygen atoms in total. The van der Waals surface area contributed by atoms with Crippen molar-refractivity contribution in [3.05, 3.63) is 0 Å². The monoisotopic (exact) mass is 268 g/mol. The fourth-order valence-corrected chi connectivity index (χ4v) is 2.97. The lowest BCUT2D eigenvalue weighted by Crippen LogP contribution is -2.44. The van der Waals surface area contributed by atoms with Gasteiger partial charge in [-0.3, -0.25) is 4.79 Å². The summed E-state index contributed by atoms with van der Waals surface area (Å²) >= 11 is 0. The molecule has 0 spiro atoms.